The molecule has 1 heterocycles. The first-order valence-electron chi connectivity index (χ1n) is 6.39. The Labute approximate surface area is 126 Å². The van der Waals surface area contributed by atoms with Gasteiger partial charge in [-0.2, -0.15) is 5.10 Å². The topological polar surface area (TPSA) is 59.0 Å². The van der Waals surface area contributed by atoms with Gasteiger partial charge in [-0.15, -0.1) is 0 Å². The van der Waals surface area contributed by atoms with Gasteiger partial charge in [0.1, 0.15) is 0 Å². The summed E-state index contributed by atoms with van der Waals surface area (Å²) >= 11 is 3.37. The molecule has 0 spiro atoms. The molecule has 0 saturated heterocycles. The number of aryl methyl sites for hydroxylation is 2. The SMILES string of the molecule is CNCC(=O)Nc1ccc(CCn2cc(Br)cn2)cc1. The number of nitrogens with zero attached hydrogens (tertiary/aromatic N) is 2. The number of carbonyl (C=O) groups is 1. The van der Waals surface area contributed by atoms with Crippen LogP contribution >= 0.6 is 15.9 Å². The molecule has 2 N–H and O–H groups in total. The molecule has 0 aliphatic heterocycles. The van der Waals surface area contributed by atoms with Crippen molar-refractivity contribution in [3.05, 3.63) is 46.7 Å². The lowest BCUT2D eigenvalue weighted by Gasteiger charge is -2.06. The third kappa shape index (κ3) is 4.47. The van der Waals surface area contributed by atoms with Crippen LogP contribution < -0.4 is 10.6 Å². The number of amides is 1. The van der Waals surface area contributed by atoms with E-state index in [9.17, 15) is 4.79 Å². The highest BCUT2D eigenvalue weighted by Gasteiger charge is 2.01. The maximum Gasteiger partial charge on any atom is 0.238 e. The average molecular weight is 337 g/mol. The standard InChI is InChI=1S/C14H17BrN4O/c1-16-9-14(20)18-13-4-2-11(3-5-13)6-7-19-10-12(15)8-17-19/h2-5,8,10,16H,6-7,9H2,1H3,(H,18,20). The smallest absolute Gasteiger partial charge is 0.238 e. The van der Waals surface area contributed by atoms with E-state index >= 15 is 0 Å². The fourth-order valence-electron chi connectivity index (χ4n) is 1.82. The van der Waals surface area contributed by atoms with Gasteiger partial charge in [-0.3, -0.25) is 9.48 Å². The van der Waals surface area contributed by atoms with Gasteiger partial charge in [-0.05, 0) is 47.1 Å². The normalized spacial score (nSPS) is 10.5. The van der Waals surface area contributed by atoms with Crippen LogP contribution in [0.15, 0.2) is 41.1 Å². The van der Waals surface area contributed by atoms with Crippen LogP contribution in [0.5, 0.6) is 0 Å². The Morgan fingerprint density at radius 3 is 2.70 bits per heavy atom. The van der Waals surface area contributed by atoms with Crippen molar-refractivity contribution in [3.8, 4) is 0 Å². The van der Waals surface area contributed by atoms with E-state index in [0.29, 0.717) is 6.54 Å². The quantitative estimate of drug-likeness (QED) is 0.848. The second-order valence-corrected chi connectivity index (χ2v) is 5.36. The van der Waals surface area contributed by atoms with Gasteiger partial charge >= 0.3 is 0 Å². The predicted molar refractivity (Wildman–Crippen MR) is 82.6 cm³/mol. The Kier molecular flexibility index (Phi) is 5.31. The molecule has 0 bridgehead atoms. The largest absolute Gasteiger partial charge is 0.325 e. The van der Waals surface area contributed by atoms with E-state index in [0.717, 1.165) is 23.1 Å². The first-order chi connectivity index (χ1) is 9.67. The molecule has 0 aliphatic carbocycles. The fourth-order valence-corrected chi connectivity index (χ4v) is 2.15. The molecular formula is C14H17BrN4O. The Hall–Kier alpha value is -1.66. The van der Waals surface area contributed by atoms with Gasteiger partial charge < -0.3 is 10.6 Å². The van der Waals surface area contributed by atoms with Gasteiger partial charge in [0.2, 0.25) is 5.91 Å². The maximum atomic E-state index is 11.4. The lowest BCUT2D eigenvalue weighted by atomic mass is 10.1. The number of aromatic nitrogens is 2. The van der Waals surface area contributed by atoms with Crippen molar-refractivity contribution < 1.29 is 4.79 Å². The summed E-state index contributed by atoms with van der Waals surface area (Å²) < 4.78 is 2.88. The summed E-state index contributed by atoms with van der Waals surface area (Å²) in [5, 5.41) is 9.85. The Balaban J connectivity index is 1.86. The molecule has 1 aromatic carbocycles. The minimum Gasteiger partial charge on any atom is -0.325 e. The number of nitrogens with one attached hydrogen (secondary N) is 2. The molecule has 1 amide bonds. The first kappa shape index (κ1) is 14.7. The van der Waals surface area contributed by atoms with Crippen LogP contribution in [-0.4, -0.2) is 29.3 Å². The van der Waals surface area contributed by atoms with Crippen LogP contribution in [0.3, 0.4) is 0 Å². The Morgan fingerprint density at radius 1 is 1.35 bits per heavy atom. The molecule has 0 atom stereocenters. The lowest BCUT2D eigenvalue weighted by Crippen LogP contribution is -2.24. The van der Waals surface area contributed by atoms with Crippen molar-refractivity contribution in [2.45, 2.75) is 13.0 Å². The third-order valence-corrected chi connectivity index (χ3v) is 3.22. The highest BCUT2D eigenvalue weighted by molar-refractivity contribution is 9.10. The number of anilines is 1. The molecule has 2 rings (SSSR count). The Morgan fingerprint density at radius 2 is 2.10 bits per heavy atom. The van der Waals surface area contributed by atoms with Gasteiger partial charge in [-0.25, -0.2) is 0 Å². The molecule has 6 heteroatoms. The number of hydrogen-bond acceptors (Lipinski definition) is 3. The first-order valence-corrected chi connectivity index (χ1v) is 7.18. The number of benzene rings is 1. The predicted octanol–water partition coefficient (Wildman–Crippen LogP) is 2.05. The van der Waals surface area contributed by atoms with Crippen molar-refractivity contribution in [1.29, 1.82) is 0 Å². The van der Waals surface area contributed by atoms with Crippen LogP contribution in [-0.2, 0) is 17.8 Å². The van der Waals surface area contributed by atoms with Gasteiger partial charge in [0.05, 0.1) is 17.2 Å². The second kappa shape index (κ2) is 7.21. The molecule has 0 radical (unpaired) electrons. The van der Waals surface area contributed by atoms with Crippen molar-refractivity contribution >= 4 is 27.5 Å². The molecule has 0 saturated carbocycles. The molecular weight excluding hydrogens is 320 g/mol. The molecule has 0 aliphatic rings. The number of carbonyl (C=O) groups excluding carboxylic acids is 1. The second-order valence-electron chi connectivity index (χ2n) is 4.45. The minimum atomic E-state index is -0.0401. The Bertz CT molecular complexity index is 565. The van der Waals surface area contributed by atoms with Crippen molar-refractivity contribution in [1.82, 2.24) is 15.1 Å². The highest BCUT2D eigenvalue weighted by Crippen LogP contribution is 2.11. The summed E-state index contributed by atoms with van der Waals surface area (Å²) in [4.78, 5) is 11.4. The molecule has 106 valence electrons. The van der Waals surface area contributed by atoms with E-state index < -0.39 is 0 Å². The van der Waals surface area contributed by atoms with Crippen LogP contribution in [0.4, 0.5) is 5.69 Å². The summed E-state index contributed by atoms with van der Waals surface area (Å²) in [6, 6.07) is 7.88. The fraction of sp³-hybridized carbons (Fsp3) is 0.286. The molecule has 1 aromatic heterocycles. The molecule has 5 nitrogen and oxygen atoms in total. The van der Waals surface area contributed by atoms with E-state index in [1.807, 2.05) is 35.1 Å². The van der Waals surface area contributed by atoms with Gasteiger partial charge in [0.15, 0.2) is 0 Å². The van der Waals surface area contributed by atoms with Gasteiger partial charge in [-0.1, -0.05) is 12.1 Å². The number of hydrogen-bond donors (Lipinski definition) is 2. The third-order valence-electron chi connectivity index (χ3n) is 2.81. The van der Waals surface area contributed by atoms with E-state index in [2.05, 4.69) is 31.7 Å². The van der Waals surface area contributed by atoms with Crippen molar-refractivity contribution in [3.63, 3.8) is 0 Å². The zero-order valence-electron chi connectivity index (χ0n) is 11.3. The monoisotopic (exact) mass is 336 g/mol. The van der Waals surface area contributed by atoms with Crippen LogP contribution in [0, 0.1) is 0 Å². The average Bonchev–Trinajstić information content (AvgIpc) is 2.84. The summed E-state index contributed by atoms with van der Waals surface area (Å²) in [6.45, 7) is 1.15. The summed E-state index contributed by atoms with van der Waals surface area (Å²) in [6.07, 6.45) is 4.63. The number of halogens is 1. The highest BCUT2D eigenvalue weighted by atomic mass is 79.9. The van der Waals surface area contributed by atoms with Crippen LogP contribution in [0.1, 0.15) is 5.56 Å². The van der Waals surface area contributed by atoms with E-state index in [1.54, 1.807) is 13.2 Å². The van der Waals surface area contributed by atoms with Gasteiger partial charge in [0, 0.05) is 18.4 Å². The maximum absolute atomic E-state index is 11.4. The van der Waals surface area contributed by atoms with Crippen LogP contribution in [0.2, 0.25) is 0 Å². The molecule has 0 unspecified atom stereocenters. The molecule has 2 aromatic rings. The van der Waals surface area contributed by atoms with Crippen molar-refractivity contribution in [2.24, 2.45) is 0 Å². The molecule has 0 fully saturated rings. The zero-order valence-corrected chi connectivity index (χ0v) is 12.9. The van der Waals surface area contributed by atoms with E-state index in [-0.39, 0.29) is 5.91 Å². The zero-order chi connectivity index (χ0) is 14.4. The van der Waals surface area contributed by atoms with Crippen LogP contribution in [0.25, 0.3) is 0 Å². The summed E-state index contributed by atoms with van der Waals surface area (Å²) in [7, 11) is 1.75. The van der Waals surface area contributed by atoms with E-state index in [1.165, 1.54) is 5.56 Å². The molecule has 20 heavy (non-hydrogen) atoms. The number of rotatable bonds is 6. The van der Waals surface area contributed by atoms with Gasteiger partial charge in [0.25, 0.3) is 0 Å². The summed E-state index contributed by atoms with van der Waals surface area (Å²) in [5.41, 5.74) is 2.03. The van der Waals surface area contributed by atoms with Crippen molar-refractivity contribution in [2.75, 3.05) is 18.9 Å². The summed E-state index contributed by atoms with van der Waals surface area (Å²) in [5.74, 6) is -0.0401. The minimum absolute atomic E-state index is 0.0401. The lowest BCUT2D eigenvalue weighted by molar-refractivity contribution is -0.115. The number of likely N-dealkylation sites (N-methyl/N-ethyl adjacent to an activating group) is 1. The van der Waals surface area contributed by atoms with E-state index in [4.69, 9.17) is 0 Å².